The maximum atomic E-state index is 10.8. The van der Waals surface area contributed by atoms with Gasteiger partial charge in [-0.15, -0.1) is 0 Å². The van der Waals surface area contributed by atoms with Crippen LogP contribution in [0.15, 0.2) is 35.1 Å². The summed E-state index contributed by atoms with van der Waals surface area (Å²) >= 11 is 0. The number of aryl methyl sites for hydroxylation is 1. The molecule has 0 amide bonds. The molecule has 0 atom stereocenters. The Morgan fingerprint density at radius 2 is 2.22 bits per heavy atom. The van der Waals surface area contributed by atoms with Crippen molar-refractivity contribution in [1.82, 2.24) is 4.98 Å². The van der Waals surface area contributed by atoms with Gasteiger partial charge in [0.15, 0.2) is 17.8 Å². The minimum Gasteiger partial charge on any atom is -0.485 e. The molecule has 5 heteroatoms. The van der Waals surface area contributed by atoms with Gasteiger partial charge in [0.25, 0.3) is 0 Å². The number of ether oxygens (including phenoxy) is 1. The van der Waals surface area contributed by atoms with Crippen molar-refractivity contribution >= 4 is 5.97 Å². The van der Waals surface area contributed by atoms with Gasteiger partial charge in [-0.2, -0.15) is 0 Å². The first kappa shape index (κ1) is 12.2. The molecule has 0 bridgehead atoms. The summed E-state index contributed by atoms with van der Waals surface area (Å²) in [6.07, 6.45) is 1.95. The summed E-state index contributed by atoms with van der Waals surface area (Å²) in [5.41, 5.74) is 0.956. The normalized spacial score (nSPS) is 10.3. The van der Waals surface area contributed by atoms with Crippen LogP contribution in [0.3, 0.4) is 0 Å². The van der Waals surface area contributed by atoms with Gasteiger partial charge in [-0.1, -0.05) is 25.1 Å². The van der Waals surface area contributed by atoms with Gasteiger partial charge in [-0.05, 0) is 18.1 Å². The van der Waals surface area contributed by atoms with Gasteiger partial charge >= 0.3 is 5.97 Å². The van der Waals surface area contributed by atoms with Crippen molar-refractivity contribution in [3.8, 4) is 5.75 Å². The second-order valence-electron chi connectivity index (χ2n) is 3.68. The van der Waals surface area contributed by atoms with Crippen molar-refractivity contribution in [1.29, 1.82) is 0 Å². The van der Waals surface area contributed by atoms with E-state index >= 15 is 0 Å². The van der Waals surface area contributed by atoms with Crippen molar-refractivity contribution in [3.63, 3.8) is 0 Å². The standard InChI is InChI=1S/C13H13NO4/c1-2-9-5-3-4-6-10(9)17-7-11-12(13(15)16)14-8-18-11/h3-6,8H,2,7H2,1H3,(H,15,16). The molecule has 2 rings (SSSR count). The summed E-state index contributed by atoms with van der Waals surface area (Å²) < 4.78 is 10.6. The van der Waals surface area contributed by atoms with Crippen LogP contribution in [0, 0.1) is 0 Å². The number of hydrogen-bond donors (Lipinski definition) is 1. The average molecular weight is 247 g/mol. The number of oxazole rings is 1. The first-order valence-corrected chi connectivity index (χ1v) is 5.58. The molecular formula is C13H13NO4. The number of aromatic carboxylic acids is 1. The lowest BCUT2D eigenvalue weighted by molar-refractivity contribution is 0.0686. The SMILES string of the molecule is CCc1ccccc1OCc1ocnc1C(=O)O. The number of benzene rings is 1. The molecule has 1 aromatic heterocycles. The fourth-order valence-electron chi connectivity index (χ4n) is 1.63. The van der Waals surface area contributed by atoms with Crippen molar-refractivity contribution in [2.45, 2.75) is 20.0 Å². The van der Waals surface area contributed by atoms with Crippen LogP contribution < -0.4 is 4.74 Å². The van der Waals surface area contributed by atoms with Crippen LogP contribution in [0.4, 0.5) is 0 Å². The molecular weight excluding hydrogens is 234 g/mol. The molecule has 0 aliphatic heterocycles. The minimum atomic E-state index is -1.12. The van der Waals surface area contributed by atoms with Crippen molar-refractivity contribution in [2.24, 2.45) is 0 Å². The zero-order valence-corrected chi connectivity index (χ0v) is 9.92. The second-order valence-corrected chi connectivity index (χ2v) is 3.68. The van der Waals surface area contributed by atoms with Crippen LogP contribution in [-0.4, -0.2) is 16.1 Å². The van der Waals surface area contributed by atoms with E-state index < -0.39 is 5.97 Å². The summed E-state index contributed by atoms with van der Waals surface area (Å²) in [7, 11) is 0. The third-order valence-corrected chi connectivity index (χ3v) is 2.56. The van der Waals surface area contributed by atoms with E-state index in [4.69, 9.17) is 14.3 Å². The number of rotatable bonds is 5. The van der Waals surface area contributed by atoms with Gasteiger partial charge in [0.2, 0.25) is 0 Å². The van der Waals surface area contributed by atoms with Crippen LogP contribution in [-0.2, 0) is 13.0 Å². The van der Waals surface area contributed by atoms with Gasteiger partial charge in [0.05, 0.1) is 0 Å². The van der Waals surface area contributed by atoms with E-state index in [0.717, 1.165) is 24.1 Å². The number of para-hydroxylation sites is 1. The van der Waals surface area contributed by atoms with E-state index in [-0.39, 0.29) is 18.1 Å². The van der Waals surface area contributed by atoms with Crippen LogP contribution in [0.1, 0.15) is 28.7 Å². The monoisotopic (exact) mass is 247 g/mol. The van der Waals surface area contributed by atoms with E-state index in [0.29, 0.717) is 0 Å². The van der Waals surface area contributed by atoms with E-state index in [1.54, 1.807) is 0 Å². The lowest BCUT2D eigenvalue weighted by Crippen LogP contribution is -2.05. The first-order chi connectivity index (χ1) is 8.72. The molecule has 94 valence electrons. The van der Waals surface area contributed by atoms with Crippen molar-refractivity contribution < 1.29 is 19.1 Å². The lowest BCUT2D eigenvalue weighted by atomic mass is 10.1. The summed E-state index contributed by atoms with van der Waals surface area (Å²) in [5.74, 6) is -0.174. The van der Waals surface area contributed by atoms with E-state index in [2.05, 4.69) is 4.98 Å². The van der Waals surface area contributed by atoms with E-state index in [1.165, 1.54) is 0 Å². The molecule has 0 saturated carbocycles. The van der Waals surface area contributed by atoms with Crippen LogP contribution >= 0.6 is 0 Å². The highest BCUT2D eigenvalue weighted by Gasteiger charge is 2.16. The third kappa shape index (κ3) is 2.51. The van der Waals surface area contributed by atoms with Gasteiger partial charge in [-0.3, -0.25) is 0 Å². The van der Waals surface area contributed by atoms with Crippen LogP contribution in [0.25, 0.3) is 0 Å². The average Bonchev–Trinajstić information content (AvgIpc) is 2.85. The molecule has 0 radical (unpaired) electrons. The largest absolute Gasteiger partial charge is 0.485 e. The predicted molar refractivity (Wildman–Crippen MR) is 63.6 cm³/mol. The summed E-state index contributed by atoms with van der Waals surface area (Å²) in [5, 5.41) is 8.87. The Morgan fingerprint density at radius 1 is 1.44 bits per heavy atom. The molecule has 18 heavy (non-hydrogen) atoms. The zero-order chi connectivity index (χ0) is 13.0. The molecule has 0 aliphatic rings. The number of carboxylic acid groups (broad SMARTS) is 1. The molecule has 0 spiro atoms. The number of aromatic nitrogens is 1. The maximum absolute atomic E-state index is 10.8. The predicted octanol–water partition coefficient (Wildman–Crippen LogP) is 2.51. The molecule has 0 saturated heterocycles. The van der Waals surface area contributed by atoms with Gasteiger partial charge in [0.1, 0.15) is 12.4 Å². The summed E-state index contributed by atoms with van der Waals surface area (Å²) in [4.78, 5) is 14.5. The molecule has 0 fully saturated rings. The van der Waals surface area contributed by atoms with E-state index in [9.17, 15) is 4.79 Å². The molecule has 1 heterocycles. The highest BCUT2D eigenvalue weighted by Crippen LogP contribution is 2.20. The maximum Gasteiger partial charge on any atom is 0.358 e. The molecule has 2 aromatic rings. The van der Waals surface area contributed by atoms with Gasteiger partial charge in [-0.25, -0.2) is 9.78 Å². The first-order valence-electron chi connectivity index (χ1n) is 5.58. The Kier molecular flexibility index (Phi) is 3.62. The zero-order valence-electron chi connectivity index (χ0n) is 9.92. The van der Waals surface area contributed by atoms with Crippen LogP contribution in [0.5, 0.6) is 5.75 Å². The molecule has 5 nitrogen and oxygen atoms in total. The van der Waals surface area contributed by atoms with Crippen LogP contribution in [0.2, 0.25) is 0 Å². The fourth-order valence-corrected chi connectivity index (χ4v) is 1.63. The number of carboxylic acids is 1. The van der Waals surface area contributed by atoms with Crippen molar-refractivity contribution in [3.05, 3.63) is 47.7 Å². The number of nitrogens with zero attached hydrogens (tertiary/aromatic N) is 1. The summed E-state index contributed by atoms with van der Waals surface area (Å²) in [6.45, 7) is 2.08. The topological polar surface area (TPSA) is 72.6 Å². The molecule has 1 aromatic carbocycles. The van der Waals surface area contributed by atoms with E-state index in [1.807, 2.05) is 31.2 Å². The number of hydrogen-bond acceptors (Lipinski definition) is 4. The Balaban J connectivity index is 2.11. The third-order valence-electron chi connectivity index (χ3n) is 2.56. The Labute approximate surface area is 104 Å². The smallest absolute Gasteiger partial charge is 0.358 e. The summed E-state index contributed by atoms with van der Waals surface area (Å²) in [6, 6.07) is 7.61. The highest BCUT2D eigenvalue weighted by atomic mass is 16.5. The molecule has 0 unspecified atom stereocenters. The molecule has 0 aliphatic carbocycles. The van der Waals surface area contributed by atoms with Crippen molar-refractivity contribution in [2.75, 3.05) is 0 Å². The second kappa shape index (κ2) is 5.35. The Bertz CT molecular complexity index is 547. The Hall–Kier alpha value is -2.30. The lowest BCUT2D eigenvalue weighted by Gasteiger charge is -2.08. The Morgan fingerprint density at radius 3 is 2.94 bits per heavy atom. The highest BCUT2D eigenvalue weighted by molar-refractivity contribution is 5.86. The number of carbonyl (C=O) groups is 1. The fraction of sp³-hybridized carbons (Fsp3) is 0.231. The minimum absolute atomic E-state index is 0.0542. The van der Waals surface area contributed by atoms with Gasteiger partial charge < -0.3 is 14.3 Å². The molecule has 1 N–H and O–H groups in total. The quantitative estimate of drug-likeness (QED) is 0.878. The van der Waals surface area contributed by atoms with Gasteiger partial charge in [0, 0.05) is 0 Å².